The van der Waals surface area contributed by atoms with E-state index in [0.717, 1.165) is 12.1 Å². The lowest BCUT2D eigenvalue weighted by Gasteiger charge is -2.34. The molecule has 0 saturated carbocycles. The minimum atomic E-state index is -0.791. The van der Waals surface area contributed by atoms with Crippen molar-refractivity contribution in [3.8, 4) is 0 Å². The highest BCUT2D eigenvalue weighted by Gasteiger charge is 2.30. The summed E-state index contributed by atoms with van der Waals surface area (Å²) in [6.45, 7) is 5.89. The van der Waals surface area contributed by atoms with Crippen LogP contribution in [0.15, 0.2) is 16.6 Å². The first-order chi connectivity index (χ1) is 11.6. The Kier molecular flexibility index (Phi) is 6.03. The molecule has 0 spiro atoms. The monoisotopic (exact) mass is 418 g/mol. The lowest BCUT2D eigenvalue weighted by atomic mass is 10.0. The average Bonchev–Trinajstić information content (AvgIpc) is 2.49. The number of benzene rings is 1. The van der Waals surface area contributed by atoms with Crippen LogP contribution in [0.4, 0.5) is 13.6 Å². The van der Waals surface area contributed by atoms with E-state index in [2.05, 4.69) is 21.2 Å². The van der Waals surface area contributed by atoms with E-state index >= 15 is 0 Å². The highest BCUT2D eigenvalue weighted by atomic mass is 79.9. The van der Waals surface area contributed by atoms with Crippen LogP contribution in [0.5, 0.6) is 0 Å². The van der Waals surface area contributed by atoms with Crippen LogP contribution >= 0.6 is 15.9 Å². The van der Waals surface area contributed by atoms with E-state index in [0.29, 0.717) is 19.4 Å². The number of hydrogen-bond donors (Lipinski definition) is 1. The topological polar surface area (TPSA) is 58.6 Å². The molecular formula is C17H21BrF2N2O3. The summed E-state index contributed by atoms with van der Waals surface area (Å²) in [6, 6.07) is 1.58. The minimum Gasteiger partial charge on any atom is -0.444 e. The van der Waals surface area contributed by atoms with Crippen molar-refractivity contribution in [3.05, 3.63) is 33.8 Å². The summed E-state index contributed by atoms with van der Waals surface area (Å²) < 4.78 is 32.6. The van der Waals surface area contributed by atoms with Crippen LogP contribution < -0.4 is 5.32 Å². The molecule has 1 aliphatic heterocycles. The molecule has 1 N–H and O–H groups in total. The van der Waals surface area contributed by atoms with Crippen LogP contribution in [-0.2, 0) is 4.74 Å². The maximum Gasteiger partial charge on any atom is 0.407 e. The van der Waals surface area contributed by atoms with Crippen molar-refractivity contribution in [1.29, 1.82) is 0 Å². The third-order valence-corrected chi connectivity index (χ3v) is 4.46. The molecule has 1 heterocycles. The standard InChI is InChI=1S/C17H21BrF2N2O3/c1-17(2,3)25-16(24)21-10-5-4-8-22(9-10)15(23)13-11(19)6-7-12(20)14(13)18/h6-7,10H,4-5,8-9H2,1-3H3,(H,21,24)/t10-/m0/s1. The van der Waals surface area contributed by atoms with Gasteiger partial charge in [-0.3, -0.25) is 4.79 Å². The number of likely N-dealkylation sites (tertiary alicyclic amines) is 1. The first-order valence-electron chi connectivity index (χ1n) is 8.01. The first-order valence-corrected chi connectivity index (χ1v) is 8.80. The maximum atomic E-state index is 14.0. The largest absolute Gasteiger partial charge is 0.444 e. The Hall–Kier alpha value is -1.70. The number of nitrogens with zero attached hydrogens (tertiary/aromatic N) is 1. The Morgan fingerprint density at radius 2 is 1.92 bits per heavy atom. The molecule has 1 aromatic rings. The van der Waals surface area contributed by atoms with Gasteiger partial charge in [0.1, 0.15) is 17.2 Å². The SMILES string of the molecule is CC(C)(C)OC(=O)N[C@H]1CCCN(C(=O)c2c(F)ccc(F)c2Br)C1. The zero-order valence-corrected chi connectivity index (χ0v) is 16.0. The highest BCUT2D eigenvalue weighted by molar-refractivity contribution is 9.10. The molecule has 0 aliphatic carbocycles. The maximum absolute atomic E-state index is 14.0. The fraction of sp³-hybridized carbons (Fsp3) is 0.529. The molecule has 5 nitrogen and oxygen atoms in total. The number of rotatable bonds is 2. The van der Waals surface area contributed by atoms with Crippen molar-refractivity contribution in [2.45, 2.75) is 45.3 Å². The lowest BCUT2D eigenvalue weighted by Crippen LogP contribution is -2.50. The molecule has 0 bridgehead atoms. The van der Waals surface area contributed by atoms with Crippen molar-refractivity contribution < 1.29 is 23.1 Å². The lowest BCUT2D eigenvalue weighted by molar-refractivity contribution is 0.0451. The highest BCUT2D eigenvalue weighted by Crippen LogP contribution is 2.26. The van der Waals surface area contributed by atoms with E-state index in [-0.39, 0.29) is 22.6 Å². The van der Waals surface area contributed by atoms with Crippen molar-refractivity contribution >= 4 is 27.9 Å². The zero-order valence-electron chi connectivity index (χ0n) is 14.4. The van der Waals surface area contributed by atoms with E-state index in [1.165, 1.54) is 4.90 Å². The molecule has 1 atom stereocenters. The molecule has 138 valence electrons. The smallest absolute Gasteiger partial charge is 0.407 e. The number of alkyl carbamates (subject to hydrolysis) is 1. The summed E-state index contributed by atoms with van der Waals surface area (Å²) in [5.74, 6) is -2.11. The van der Waals surface area contributed by atoms with Gasteiger partial charge < -0.3 is 15.0 Å². The summed E-state index contributed by atoms with van der Waals surface area (Å²) >= 11 is 2.93. The summed E-state index contributed by atoms with van der Waals surface area (Å²) in [5, 5.41) is 2.72. The summed E-state index contributed by atoms with van der Waals surface area (Å²) in [6.07, 6.45) is 0.751. The first kappa shape index (κ1) is 19.6. The molecule has 25 heavy (non-hydrogen) atoms. The summed E-state index contributed by atoms with van der Waals surface area (Å²) in [5.41, 5.74) is -0.956. The van der Waals surface area contributed by atoms with Crippen molar-refractivity contribution in [2.75, 3.05) is 13.1 Å². The number of amides is 2. The Morgan fingerprint density at radius 3 is 2.56 bits per heavy atom. The van der Waals surface area contributed by atoms with Gasteiger partial charge in [-0.2, -0.15) is 0 Å². The molecule has 1 fully saturated rings. The second-order valence-corrected chi connectivity index (χ2v) is 7.75. The molecule has 1 saturated heterocycles. The van der Waals surface area contributed by atoms with Gasteiger partial charge in [0.15, 0.2) is 0 Å². The third kappa shape index (κ3) is 5.14. The van der Waals surface area contributed by atoms with Gasteiger partial charge in [-0.25, -0.2) is 13.6 Å². The molecule has 0 aromatic heterocycles. The number of carbonyl (C=O) groups excluding carboxylic acids is 2. The van der Waals surface area contributed by atoms with Crippen LogP contribution in [0.1, 0.15) is 44.0 Å². The van der Waals surface area contributed by atoms with Crippen LogP contribution in [0.25, 0.3) is 0 Å². The molecule has 0 unspecified atom stereocenters. The molecule has 1 aliphatic rings. The van der Waals surface area contributed by atoms with Crippen molar-refractivity contribution in [1.82, 2.24) is 10.2 Å². The van der Waals surface area contributed by atoms with Crippen molar-refractivity contribution in [3.63, 3.8) is 0 Å². The van der Waals surface area contributed by atoms with Crippen LogP contribution in [0.2, 0.25) is 0 Å². The fourth-order valence-electron chi connectivity index (χ4n) is 2.63. The van der Waals surface area contributed by atoms with E-state index in [1.807, 2.05) is 0 Å². The normalized spacial score (nSPS) is 18.0. The Balaban J connectivity index is 2.07. The minimum absolute atomic E-state index is 0.195. The number of piperidine rings is 1. The Bertz CT molecular complexity index is 677. The van der Waals surface area contributed by atoms with E-state index < -0.39 is 29.2 Å². The second kappa shape index (κ2) is 7.68. The molecule has 2 rings (SSSR count). The molecule has 2 amide bonds. The zero-order chi connectivity index (χ0) is 18.8. The summed E-state index contributed by atoms with van der Waals surface area (Å²) in [4.78, 5) is 25.9. The number of halogens is 3. The Morgan fingerprint density at radius 1 is 1.28 bits per heavy atom. The molecule has 0 radical (unpaired) electrons. The predicted molar refractivity (Wildman–Crippen MR) is 92.4 cm³/mol. The van der Waals surface area contributed by atoms with E-state index in [9.17, 15) is 18.4 Å². The third-order valence-electron chi connectivity index (χ3n) is 3.69. The van der Waals surface area contributed by atoms with Gasteiger partial charge in [-0.05, 0) is 61.7 Å². The average molecular weight is 419 g/mol. The van der Waals surface area contributed by atoms with Crippen LogP contribution in [0.3, 0.4) is 0 Å². The van der Waals surface area contributed by atoms with Gasteiger partial charge in [-0.1, -0.05) is 0 Å². The van der Waals surface area contributed by atoms with E-state index in [1.54, 1.807) is 20.8 Å². The second-order valence-electron chi connectivity index (χ2n) is 6.95. The predicted octanol–water partition coefficient (Wildman–Crippen LogP) is 3.86. The number of hydrogen-bond acceptors (Lipinski definition) is 3. The van der Waals surface area contributed by atoms with Gasteiger partial charge in [-0.15, -0.1) is 0 Å². The summed E-state index contributed by atoms with van der Waals surface area (Å²) in [7, 11) is 0. The molecular weight excluding hydrogens is 398 g/mol. The van der Waals surface area contributed by atoms with Crippen molar-refractivity contribution in [2.24, 2.45) is 0 Å². The van der Waals surface area contributed by atoms with E-state index in [4.69, 9.17) is 4.74 Å². The van der Waals surface area contributed by atoms with Gasteiger partial charge in [0, 0.05) is 19.1 Å². The Labute approximate surface area is 153 Å². The van der Waals surface area contributed by atoms with Crippen LogP contribution in [-0.4, -0.2) is 41.6 Å². The number of carbonyl (C=O) groups is 2. The quantitative estimate of drug-likeness (QED) is 0.741. The van der Waals surface area contributed by atoms with Gasteiger partial charge >= 0.3 is 6.09 Å². The number of ether oxygens (including phenoxy) is 1. The van der Waals surface area contributed by atoms with Gasteiger partial charge in [0.05, 0.1) is 10.0 Å². The fourth-order valence-corrected chi connectivity index (χ4v) is 3.13. The number of nitrogens with one attached hydrogen (secondary N) is 1. The van der Waals surface area contributed by atoms with Crippen LogP contribution in [0, 0.1) is 11.6 Å². The molecule has 8 heteroatoms. The van der Waals surface area contributed by atoms with Gasteiger partial charge in [0.25, 0.3) is 5.91 Å². The molecule has 1 aromatic carbocycles. The van der Waals surface area contributed by atoms with Gasteiger partial charge in [0.2, 0.25) is 0 Å².